The van der Waals surface area contributed by atoms with Gasteiger partial charge in [0, 0.05) is 51.4 Å². The number of hydrogen-bond acceptors (Lipinski definition) is 6. The summed E-state index contributed by atoms with van der Waals surface area (Å²) in [7, 11) is 6.83. The molecule has 0 saturated carbocycles. The van der Waals surface area contributed by atoms with E-state index in [9.17, 15) is 0 Å². The Bertz CT molecular complexity index is 850. The van der Waals surface area contributed by atoms with Gasteiger partial charge in [0.15, 0.2) is 5.96 Å². The highest BCUT2D eigenvalue weighted by atomic mass is 16.5. The highest BCUT2D eigenvalue weighted by molar-refractivity contribution is 5.79. The van der Waals surface area contributed by atoms with Crippen LogP contribution in [-0.2, 0) is 13.1 Å². The number of piperazine rings is 1. The lowest BCUT2D eigenvalue weighted by Crippen LogP contribution is -2.52. The van der Waals surface area contributed by atoms with Crippen LogP contribution in [0.5, 0.6) is 17.4 Å². The number of nitrogens with zero attached hydrogens (tertiary/aromatic N) is 4. The van der Waals surface area contributed by atoms with Crippen LogP contribution in [0.1, 0.15) is 11.3 Å². The first-order chi connectivity index (χ1) is 14.7. The number of aromatic nitrogens is 1. The van der Waals surface area contributed by atoms with Crippen LogP contribution in [0.2, 0.25) is 0 Å². The fraction of sp³-hybridized carbons (Fsp3) is 0.455. The summed E-state index contributed by atoms with van der Waals surface area (Å²) >= 11 is 0. The summed E-state index contributed by atoms with van der Waals surface area (Å²) in [6.07, 6.45) is 0. The quantitative estimate of drug-likeness (QED) is 0.550. The van der Waals surface area contributed by atoms with Crippen LogP contribution in [0, 0.1) is 0 Å². The lowest BCUT2D eigenvalue weighted by molar-refractivity contribution is 0.171. The van der Waals surface area contributed by atoms with E-state index in [1.165, 1.54) is 0 Å². The average molecular weight is 414 g/mol. The fourth-order valence-corrected chi connectivity index (χ4v) is 3.54. The zero-order chi connectivity index (χ0) is 21.3. The van der Waals surface area contributed by atoms with Crippen molar-refractivity contribution in [3.63, 3.8) is 0 Å². The molecule has 0 radical (unpaired) electrons. The Kier molecular flexibility index (Phi) is 7.73. The van der Waals surface area contributed by atoms with Crippen LogP contribution in [0.15, 0.2) is 41.4 Å². The Morgan fingerprint density at radius 1 is 1.03 bits per heavy atom. The average Bonchev–Trinajstić information content (AvgIpc) is 2.80. The zero-order valence-electron chi connectivity index (χ0n) is 18.2. The Morgan fingerprint density at radius 2 is 1.83 bits per heavy atom. The largest absolute Gasteiger partial charge is 0.497 e. The van der Waals surface area contributed by atoms with E-state index in [1.807, 2.05) is 43.4 Å². The van der Waals surface area contributed by atoms with Gasteiger partial charge in [-0.15, -0.1) is 0 Å². The predicted molar refractivity (Wildman–Crippen MR) is 117 cm³/mol. The van der Waals surface area contributed by atoms with Crippen LogP contribution >= 0.6 is 0 Å². The molecule has 0 unspecified atom stereocenters. The van der Waals surface area contributed by atoms with E-state index in [-0.39, 0.29) is 0 Å². The molecule has 0 amide bonds. The second-order valence-corrected chi connectivity index (χ2v) is 7.01. The minimum Gasteiger partial charge on any atom is -0.497 e. The number of hydrogen-bond donors (Lipinski definition) is 1. The molecule has 1 aromatic heterocycles. The summed E-state index contributed by atoms with van der Waals surface area (Å²) in [4.78, 5) is 13.6. The van der Waals surface area contributed by atoms with Gasteiger partial charge in [-0.05, 0) is 24.3 Å². The Hall–Kier alpha value is -3.00. The van der Waals surface area contributed by atoms with Crippen LogP contribution in [0.4, 0.5) is 0 Å². The van der Waals surface area contributed by atoms with E-state index in [2.05, 4.69) is 25.1 Å². The molecule has 162 valence electrons. The summed E-state index contributed by atoms with van der Waals surface area (Å²) < 4.78 is 16.1. The molecule has 1 aliphatic heterocycles. The van der Waals surface area contributed by atoms with Crippen LogP contribution in [-0.4, -0.2) is 75.3 Å². The molecule has 0 spiro atoms. The normalized spacial score (nSPS) is 15.1. The van der Waals surface area contributed by atoms with E-state index in [0.29, 0.717) is 12.4 Å². The molecule has 8 nitrogen and oxygen atoms in total. The van der Waals surface area contributed by atoms with Crippen molar-refractivity contribution in [2.24, 2.45) is 4.99 Å². The topological polar surface area (TPSA) is 71.5 Å². The highest BCUT2D eigenvalue weighted by Gasteiger charge is 2.21. The van der Waals surface area contributed by atoms with Crippen LogP contribution in [0.3, 0.4) is 0 Å². The first-order valence-corrected chi connectivity index (χ1v) is 10.1. The van der Waals surface area contributed by atoms with Crippen molar-refractivity contribution < 1.29 is 14.2 Å². The highest BCUT2D eigenvalue weighted by Crippen LogP contribution is 2.25. The van der Waals surface area contributed by atoms with Gasteiger partial charge < -0.3 is 24.4 Å². The molecule has 0 bridgehead atoms. The van der Waals surface area contributed by atoms with E-state index in [1.54, 1.807) is 21.3 Å². The third-order valence-corrected chi connectivity index (χ3v) is 5.18. The standard InChI is InChI=1S/C22H31N5O3/c1-23-22(24-15-18-6-5-7-21(25-18)30-4)27-12-10-26(11-13-27)16-17-14-19(28-2)8-9-20(17)29-3/h5-9,14H,10-13,15-16H2,1-4H3,(H,23,24). The van der Waals surface area contributed by atoms with E-state index >= 15 is 0 Å². The second-order valence-electron chi connectivity index (χ2n) is 7.01. The van der Waals surface area contributed by atoms with Gasteiger partial charge >= 0.3 is 0 Å². The lowest BCUT2D eigenvalue weighted by Gasteiger charge is -2.36. The molecule has 1 N–H and O–H groups in total. The zero-order valence-corrected chi connectivity index (χ0v) is 18.2. The van der Waals surface area contributed by atoms with Gasteiger partial charge in [0.25, 0.3) is 0 Å². The molecule has 1 aromatic carbocycles. The van der Waals surface area contributed by atoms with Crippen molar-refractivity contribution in [2.75, 3.05) is 54.6 Å². The van der Waals surface area contributed by atoms with Gasteiger partial charge in [0.05, 0.1) is 33.6 Å². The van der Waals surface area contributed by atoms with Crippen LogP contribution < -0.4 is 19.5 Å². The molecule has 3 rings (SSSR count). The maximum Gasteiger partial charge on any atom is 0.213 e. The van der Waals surface area contributed by atoms with Crippen molar-refractivity contribution in [3.8, 4) is 17.4 Å². The lowest BCUT2D eigenvalue weighted by atomic mass is 10.1. The number of guanidine groups is 1. The molecule has 1 aliphatic rings. The SMILES string of the molecule is CN=C(NCc1cccc(OC)n1)N1CCN(Cc2cc(OC)ccc2OC)CC1. The van der Waals surface area contributed by atoms with Crippen molar-refractivity contribution in [2.45, 2.75) is 13.1 Å². The number of nitrogens with one attached hydrogen (secondary N) is 1. The summed E-state index contributed by atoms with van der Waals surface area (Å²) in [6.45, 7) is 5.12. The van der Waals surface area contributed by atoms with Crippen molar-refractivity contribution >= 4 is 5.96 Å². The first-order valence-electron chi connectivity index (χ1n) is 10.1. The van der Waals surface area contributed by atoms with E-state index in [0.717, 1.165) is 61.4 Å². The Morgan fingerprint density at radius 3 is 2.50 bits per heavy atom. The first kappa shape index (κ1) is 21.7. The van der Waals surface area contributed by atoms with E-state index in [4.69, 9.17) is 14.2 Å². The Balaban J connectivity index is 1.54. The summed E-state index contributed by atoms with van der Waals surface area (Å²) in [5, 5.41) is 3.41. The molecule has 0 aliphatic carbocycles. The summed E-state index contributed by atoms with van der Waals surface area (Å²) in [5.41, 5.74) is 2.05. The summed E-state index contributed by atoms with van der Waals surface area (Å²) in [6, 6.07) is 11.7. The number of pyridine rings is 1. The van der Waals surface area contributed by atoms with Crippen LogP contribution in [0.25, 0.3) is 0 Å². The van der Waals surface area contributed by atoms with Crippen molar-refractivity contribution in [1.29, 1.82) is 0 Å². The number of rotatable bonds is 7. The van der Waals surface area contributed by atoms with Crippen molar-refractivity contribution in [1.82, 2.24) is 20.1 Å². The second kappa shape index (κ2) is 10.7. The summed E-state index contributed by atoms with van der Waals surface area (Å²) in [5.74, 6) is 3.24. The molecule has 1 fully saturated rings. The minimum absolute atomic E-state index is 0.602. The van der Waals surface area contributed by atoms with Gasteiger partial charge in [-0.3, -0.25) is 9.89 Å². The molecule has 1 saturated heterocycles. The Labute approximate surface area is 178 Å². The molecule has 0 atom stereocenters. The molecular formula is C22H31N5O3. The number of methoxy groups -OCH3 is 3. The monoisotopic (exact) mass is 413 g/mol. The third kappa shape index (κ3) is 5.54. The third-order valence-electron chi connectivity index (χ3n) is 5.18. The minimum atomic E-state index is 0.602. The smallest absolute Gasteiger partial charge is 0.213 e. The van der Waals surface area contributed by atoms with Gasteiger partial charge in [0.2, 0.25) is 5.88 Å². The molecule has 8 heteroatoms. The van der Waals surface area contributed by atoms with Gasteiger partial charge in [-0.1, -0.05) is 6.07 Å². The fourth-order valence-electron chi connectivity index (χ4n) is 3.54. The van der Waals surface area contributed by atoms with E-state index < -0.39 is 0 Å². The van der Waals surface area contributed by atoms with Gasteiger partial charge in [0.1, 0.15) is 11.5 Å². The molecule has 2 heterocycles. The predicted octanol–water partition coefficient (Wildman–Crippen LogP) is 2.00. The number of benzene rings is 1. The van der Waals surface area contributed by atoms with Gasteiger partial charge in [-0.25, -0.2) is 4.98 Å². The number of ether oxygens (including phenoxy) is 3. The maximum atomic E-state index is 5.52. The molecule has 2 aromatic rings. The number of aliphatic imine (C=N–C) groups is 1. The van der Waals surface area contributed by atoms with Crippen molar-refractivity contribution in [3.05, 3.63) is 47.7 Å². The molecular weight excluding hydrogens is 382 g/mol. The molecule has 30 heavy (non-hydrogen) atoms. The van der Waals surface area contributed by atoms with Gasteiger partial charge in [-0.2, -0.15) is 0 Å². The maximum absolute atomic E-state index is 5.52.